The average Bonchev–Trinajstić information content (AvgIpc) is 2.79. The number of hydrogen-bond donors (Lipinski definition) is 1. The summed E-state index contributed by atoms with van der Waals surface area (Å²) in [5.41, 5.74) is 1.39. The Bertz CT molecular complexity index is 1210. The number of ketones is 1. The maximum Gasteiger partial charge on any atom is 0.332 e. The fourth-order valence-corrected chi connectivity index (χ4v) is 4.50. The van der Waals surface area contributed by atoms with E-state index in [9.17, 15) is 14.4 Å². The Labute approximate surface area is 178 Å². The summed E-state index contributed by atoms with van der Waals surface area (Å²) in [7, 11) is 7.57. The Kier molecular flexibility index (Phi) is 5.12. The fraction of sp³-hybridized carbons (Fsp3) is 0.409. The molecule has 9 nitrogen and oxygen atoms in total. The van der Waals surface area contributed by atoms with Crippen LogP contribution in [0.3, 0.4) is 0 Å². The van der Waals surface area contributed by atoms with E-state index in [1.54, 1.807) is 19.2 Å². The molecule has 0 bridgehead atoms. The standard InChI is InChI=1S/C22H25N3O6/c1-24-20-18(21(27)25(2)22(24)28)16(17-12(23-20)7-6-8-13(17)26)11-9-14(29-3)19(31-5)15(10-11)30-4/h9-10,16,23H,6-8H2,1-5H3. The third-order valence-electron chi connectivity index (χ3n) is 6.02. The fourth-order valence-electron chi connectivity index (χ4n) is 4.50. The predicted molar refractivity (Wildman–Crippen MR) is 114 cm³/mol. The lowest BCUT2D eigenvalue weighted by atomic mass is 9.76. The van der Waals surface area contributed by atoms with E-state index in [-0.39, 0.29) is 5.78 Å². The molecule has 31 heavy (non-hydrogen) atoms. The maximum absolute atomic E-state index is 13.3. The van der Waals surface area contributed by atoms with Gasteiger partial charge in [0.2, 0.25) is 5.75 Å². The monoisotopic (exact) mass is 427 g/mol. The van der Waals surface area contributed by atoms with Gasteiger partial charge in [-0.05, 0) is 30.5 Å². The highest BCUT2D eigenvalue weighted by Crippen LogP contribution is 2.47. The summed E-state index contributed by atoms with van der Waals surface area (Å²) in [5.74, 6) is 0.973. The van der Waals surface area contributed by atoms with Crippen molar-refractivity contribution in [2.45, 2.75) is 25.2 Å². The van der Waals surface area contributed by atoms with E-state index < -0.39 is 17.2 Å². The summed E-state index contributed by atoms with van der Waals surface area (Å²) in [6.07, 6.45) is 1.77. The van der Waals surface area contributed by atoms with Crippen LogP contribution in [0.4, 0.5) is 5.82 Å². The minimum absolute atomic E-state index is 0.0194. The first-order chi connectivity index (χ1) is 14.8. The molecule has 1 atom stereocenters. The molecule has 0 radical (unpaired) electrons. The topological polar surface area (TPSA) is 101 Å². The number of fused-ring (bicyclic) bond motifs is 1. The highest BCUT2D eigenvalue weighted by molar-refractivity contribution is 6.01. The molecule has 0 fully saturated rings. The van der Waals surface area contributed by atoms with Gasteiger partial charge in [0.15, 0.2) is 17.3 Å². The Balaban J connectivity index is 2.10. The molecule has 0 saturated heterocycles. The normalized spacial score (nSPS) is 17.6. The van der Waals surface area contributed by atoms with Crippen LogP contribution in [0.1, 0.15) is 36.3 Å². The predicted octanol–water partition coefficient (Wildman–Crippen LogP) is 1.67. The van der Waals surface area contributed by atoms with Gasteiger partial charge in [0.25, 0.3) is 5.56 Å². The summed E-state index contributed by atoms with van der Waals surface area (Å²) < 4.78 is 18.9. The molecule has 0 saturated carbocycles. The van der Waals surface area contributed by atoms with Crippen LogP contribution in [0.25, 0.3) is 0 Å². The van der Waals surface area contributed by atoms with Gasteiger partial charge in [0, 0.05) is 37.7 Å². The largest absolute Gasteiger partial charge is 0.493 e. The van der Waals surface area contributed by atoms with Crippen LogP contribution < -0.4 is 30.8 Å². The van der Waals surface area contributed by atoms with E-state index in [0.717, 1.165) is 10.3 Å². The quantitative estimate of drug-likeness (QED) is 0.792. The van der Waals surface area contributed by atoms with Gasteiger partial charge in [-0.25, -0.2) is 4.79 Å². The van der Waals surface area contributed by atoms with E-state index in [1.165, 1.54) is 32.9 Å². The van der Waals surface area contributed by atoms with Gasteiger partial charge in [0.1, 0.15) is 5.82 Å². The lowest BCUT2D eigenvalue weighted by molar-refractivity contribution is -0.116. The van der Waals surface area contributed by atoms with Gasteiger partial charge in [-0.1, -0.05) is 0 Å². The summed E-state index contributed by atoms with van der Waals surface area (Å²) in [5, 5.41) is 3.21. The molecule has 1 unspecified atom stereocenters. The molecule has 1 aromatic carbocycles. The number of benzene rings is 1. The van der Waals surface area contributed by atoms with E-state index in [1.807, 2.05) is 0 Å². The van der Waals surface area contributed by atoms with E-state index in [2.05, 4.69) is 5.32 Å². The molecule has 1 aromatic heterocycles. The molecule has 0 spiro atoms. The van der Waals surface area contributed by atoms with Crippen molar-refractivity contribution in [3.8, 4) is 17.2 Å². The number of ether oxygens (including phenoxy) is 3. The molecule has 2 aromatic rings. The minimum atomic E-state index is -0.668. The summed E-state index contributed by atoms with van der Waals surface area (Å²) in [4.78, 5) is 38.9. The summed E-state index contributed by atoms with van der Waals surface area (Å²) in [6.45, 7) is 0. The van der Waals surface area contributed by atoms with Gasteiger partial charge >= 0.3 is 5.69 Å². The van der Waals surface area contributed by atoms with Crippen molar-refractivity contribution < 1.29 is 19.0 Å². The molecule has 1 aliphatic carbocycles. The van der Waals surface area contributed by atoms with Crippen molar-refractivity contribution in [1.82, 2.24) is 9.13 Å². The molecule has 9 heteroatoms. The molecule has 0 amide bonds. The molecule has 1 aliphatic heterocycles. The van der Waals surface area contributed by atoms with E-state index in [0.29, 0.717) is 59.0 Å². The molecule has 2 heterocycles. The van der Waals surface area contributed by atoms with E-state index in [4.69, 9.17) is 14.2 Å². The van der Waals surface area contributed by atoms with Crippen LogP contribution in [0.5, 0.6) is 17.2 Å². The number of aromatic nitrogens is 2. The SMILES string of the molecule is COc1cc(C2C3=C(CCCC3=O)Nc3c2c(=O)n(C)c(=O)n3C)cc(OC)c1OC. The summed E-state index contributed by atoms with van der Waals surface area (Å²) >= 11 is 0. The number of carbonyl (C=O) groups excluding carboxylic acids is 1. The zero-order valence-corrected chi connectivity index (χ0v) is 18.2. The van der Waals surface area contributed by atoms with Crippen LogP contribution in [-0.4, -0.2) is 36.2 Å². The van der Waals surface area contributed by atoms with Crippen molar-refractivity contribution in [3.05, 3.63) is 55.4 Å². The first kappa shape index (κ1) is 20.8. The minimum Gasteiger partial charge on any atom is -0.493 e. The number of nitrogens with one attached hydrogen (secondary N) is 1. The lowest BCUT2D eigenvalue weighted by Gasteiger charge is -2.34. The number of nitrogens with zero attached hydrogens (tertiary/aromatic N) is 2. The van der Waals surface area contributed by atoms with Crippen molar-refractivity contribution in [2.24, 2.45) is 14.1 Å². The van der Waals surface area contributed by atoms with Crippen LogP contribution in [0, 0.1) is 0 Å². The number of carbonyl (C=O) groups is 1. The Morgan fingerprint density at radius 2 is 1.58 bits per heavy atom. The molecule has 4 rings (SSSR count). The van der Waals surface area contributed by atoms with Crippen LogP contribution in [0.15, 0.2) is 33.0 Å². The zero-order chi connectivity index (χ0) is 22.4. The molecular formula is C22H25N3O6. The average molecular weight is 427 g/mol. The maximum atomic E-state index is 13.3. The first-order valence-electron chi connectivity index (χ1n) is 9.97. The Hall–Kier alpha value is -3.49. The number of methoxy groups -OCH3 is 3. The van der Waals surface area contributed by atoms with Crippen LogP contribution in [-0.2, 0) is 18.9 Å². The van der Waals surface area contributed by atoms with Crippen molar-refractivity contribution in [2.75, 3.05) is 26.6 Å². The van der Waals surface area contributed by atoms with Crippen molar-refractivity contribution in [3.63, 3.8) is 0 Å². The van der Waals surface area contributed by atoms with Crippen molar-refractivity contribution in [1.29, 1.82) is 0 Å². The Morgan fingerprint density at radius 3 is 2.16 bits per heavy atom. The van der Waals surface area contributed by atoms with Gasteiger partial charge in [-0.3, -0.25) is 18.7 Å². The third kappa shape index (κ3) is 3.03. The number of rotatable bonds is 4. The number of allylic oxidation sites excluding steroid dienone is 2. The molecular weight excluding hydrogens is 402 g/mol. The number of anilines is 1. The molecule has 2 aliphatic rings. The first-order valence-corrected chi connectivity index (χ1v) is 9.97. The van der Waals surface area contributed by atoms with Crippen LogP contribution >= 0.6 is 0 Å². The highest BCUT2D eigenvalue weighted by atomic mass is 16.5. The van der Waals surface area contributed by atoms with Gasteiger partial charge < -0.3 is 19.5 Å². The van der Waals surface area contributed by atoms with Crippen LogP contribution in [0.2, 0.25) is 0 Å². The van der Waals surface area contributed by atoms with E-state index >= 15 is 0 Å². The highest BCUT2D eigenvalue weighted by Gasteiger charge is 2.39. The lowest BCUT2D eigenvalue weighted by Crippen LogP contribution is -2.44. The smallest absolute Gasteiger partial charge is 0.332 e. The number of Topliss-reactive ketones (excluding diaryl/α,β-unsaturated/α-hetero) is 1. The van der Waals surface area contributed by atoms with Crippen molar-refractivity contribution >= 4 is 11.6 Å². The second-order valence-corrected chi connectivity index (χ2v) is 7.65. The number of hydrogen-bond acceptors (Lipinski definition) is 7. The summed E-state index contributed by atoms with van der Waals surface area (Å²) in [6, 6.07) is 3.50. The molecule has 164 valence electrons. The third-order valence-corrected chi connectivity index (χ3v) is 6.02. The second-order valence-electron chi connectivity index (χ2n) is 7.65. The van der Waals surface area contributed by atoms with Gasteiger partial charge in [-0.15, -0.1) is 0 Å². The Morgan fingerprint density at radius 1 is 0.935 bits per heavy atom. The molecule has 1 N–H and O–H groups in total. The van der Waals surface area contributed by atoms with Gasteiger partial charge in [0.05, 0.1) is 26.9 Å². The van der Waals surface area contributed by atoms with Gasteiger partial charge in [-0.2, -0.15) is 0 Å². The second kappa shape index (κ2) is 7.64. The zero-order valence-electron chi connectivity index (χ0n) is 18.2.